The second kappa shape index (κ2) is 6.91. The minimum absolute atomic E-state index is 0.128. The lowest BCUT2D eigenvalue weighted by Crippen LogP contribution is -2.46. The maximum atomic E-state index is 12.0. The maximum absolute atomic E-state index is 12.0. The number of ether oxygens (including phenoxy) is 2. The van der Waals surface area contributed by atoms with Crippen LogP contribution in [0.4, 0.5) is 4.79 Å². The number of carboxylic acid groups (broad SMARTS) is 1. The van der Waals surface area contributed by atoms with Gasteiger partial charge in [-0.3, -0.25) is 4.79 Å². The molecule has 0 bridgehead atoms. The summed E-state index contributed by atoms with van der Waals surface area (Å²) in [5.74, 6) is -0.768. The van der Waals surface area contributed by atoms with Crippen LogP contribution in [0.25, 0.3) is 0 Å². The van der Waals surface area contributed by atoms with Crippen LogP contribution in [-0.2, 0) is 25.9 Å². The summed E-state index contributed by atoms with van der Waals surface area (Å²) in [5, 5.41) is 9.30. The van der Waals surface area contributed by atoms with Crippen LogP contribution >= 0.6 is 0 Å². The zero-order chi connectivity index (χ0) is 18.8. The van der Waals surface area contributed by atoms with Crippen molar-refractivity contribution >= 4 is 21.9 Å². The Morgan fingerprint density at radius 3 is 2.48 bits per heavy atom. The highest BCUT2D eigenvalue weighted by Crippen LogP contribution is 2.28. The first kappa shape index (κ1) is 19.0. The molecule has 0 unspecified atom stereocenters. The molecule has 0 saturated carbocycles. The summed E-state index contributed by atoms with van der Waals surface area (Å²) in [7, 11) is -2.32. The van der Waals surface area contributed by atoms with Crippen LogP contribution in [0, 0.1) is 0 Å². The average Bonchev–Trinajstić information content (AvgIpc) is 2.86. The molecule has 1 amide bonds. The number of benzene rings is 1. The van der Waals surface area contributed by atoms with Crippen molar-refractivity contribution in [2.24, 2.45) is 0 Å². The molecule has 8 nitrogen and oxygen atoms in total. The molecule has 25 heavy (non-hydrogen) atoms. The summed E-state index contributed by atoms with van der Waals surface area (Å²) in [6, 6.07) is 7.13. The highest BCUT2D eigenvalue weighted by atomic mass is 32.2. The Bertz CT molecular complexity index is 759. The molecule has 1 aromatic rings. The molecule has 2 atom stereocenters. The van der Waals surface area contributed by atoms with Gasteiger partial charge in [0.05, 0.1) is 13.7 Å². The number of nitrogens with zero attached hydrogens (tertiary/aromatic N) is 1. The zero-order valence-electron chi connectivity index (χ0n) is 14.3. The van der Waals surface area contributed by atoms with E-state index < -0.39 is 32.8 Å². The lowest BCUT2D eigenvalue weighted by Gasteiger charge is -2.24. The van der Waals surface area contributed by atoms with Crippen molar-refractivity contribution in [2.45, 2.75) is 30.7 Å². The van der Waals surface area contributed by atoms with Gasteiger partial charge in [-0.2, -0.15) is 0 Å². The first-order chi connectivity index (χ1) is 11.6. The Labute approximate surface area is 146 Å². The molecular formula is C16H21NO7S. The SMILES string of the molecule is COc1ccc(CN2C[C@H](C[C@](C)(C(=O)O)S(C)(=O)=O)OC2=O)cc1. The van der Waals surface area contributed by atoms with E-state index in [0.29, 0.717) is 5.75 Å². The Morgan fingerprint density at radius 1 is 1.40 bits per heavy atom. The van der Waals surface area contributed by atoms with Crippen LogP contribution in [0.2, 0.25) is 0 Å². The van der Waals surface area contributed by atoms with Gasteiger partial charge in [0.1, 0.15) is 11.9 Å². The molecule has 1 aliphatic heterocycles. The number of carboxylic acids is 1. The van der Waals surface area contributed by atoms with E-state index in [-0.39, 0.29) is 19.5 Å². The van der Waals surface area contributed by atoms with Gasteiger partial charge in [-0.15, -0.1) is 0 Å². The summed E-state index contributed by atoms with van der Waals surface area (Å²) < 4.78 is 31.9. The number of amides is 1. The Hall–Kier alpha value is -2.29. The van der Waals surface area contributed by atoms with Crippen LogP contribution in [0.5, 0.6) is 5.75 Å². The summed E-state index contributed by atoms with van der Waals surface area (Å²) in [5.41, 5.74) is 0.850. The van der Waals surface area contributed by atoms with E-state index in [1.807, 2.05) is 0 Å². The lowest BCUT2D eigenvalue weighted by molar-refractivity contribution is -0.140. The van der Waals surface area contributed by atoms with Crippen LogP contribution in [-0.4, -0.2) is 61.2 Å². The normalized spacial score (nSPS) is 20.0. The fourth-order valence-corrected chi connectivity index (χ4v) is 3.40. The Kier molecular flexibility index (Phi) is 5.26. The predicted molar refractivity (Wildman–Crippen MR) is 89.2 cm³/mol. The molecule has 1 heterocycles. The van der Waals surface area contributed by atoms with Crippen LogP contribution in [0.1, 0.15) is 18.9 Å². The van der Waals surface area contributed by atoms with Gasteiger partial charge in [0.25, 0.3) is 0 Å². The molecule has 0 aliphatic carbocycles. The van der Waals surface area contributed by atoms with Gasteiger partial charge in [-0.25, -0.2) is 13.2 Å². The number of rotatable bonds is 7. The molecule has 1 fully saturated rings. The van der Waals surface area contributed by atoms with Crippen molar-refractivity contribution < 1.29 is 32.6 Å². The number of methoxy groups -OCH3 is 1. The van der Waals surface area contributed by atoms with Gasteiger partial charge in [0.2, 0.25) is 0 Å². The third-order valence-electron chi connectivity index (χ3n) is 4.37. The Balaban J connectivity index is 2.07. The van der Waals surface area contributed by atoms with Gasteiger partial charge >= 0.3 is 12.1 Å². The van der Waals surface area contributed by atoms with Crippen molar-refractivity contribution in [1.82, 2.24) is 4.90 Å². The fourth-order valence-electron chi connectivity index (χ4n) is 2.59. The van der Waals surface area contributed by atoms with Crippen LogP contribution in [0.15, 0.2) is 24.3 Å². The third-order valence-corrected chi connectivity index (χ3v) is 6.35. The number of sulfone groups is 1. The lowest BCUT2D eigenvalue weighted by atomic mass is 10.0. The van der Waals surface area contributed by atoms with Crippen molar-refractivity contribution in [1.29, 1.82) is 0 Å². The van der Waals surface area contributed by atoms with Crippen molar-refractivity contribution in [3.63, 3.8) is 0 Å². The topological polar surface area (TPSA) is 110 Å². The second-order valence-electron chi connectivity index (χ2n) is 6.25. The smallest absolute Gasteiger partial charge is 0.410 e. The summed E-state index contributed by atoms with van der Waals surface area (Å²) >= 11 is 0. The van der Waals surface area contributed by atoms with E-state index in [0.717, 1.165) is 18.7 Å². The van der Waals surface area contributed by atoms with Crippen LogP contribution in [0.3, 0.4) is 0 Å². The number of aliphatic carboxylic acids is 1. The molecule has 1 aromatic carbocycles. The second-order valence-corrected chi connectivity index (χ2v) is 8.69. The first-order valence-electron chi connectivity index (χ1n) is 7.58. The molecule has 1 saturated heterocycles. The van der Waals surface area contributed by atoms with Gasteiger partial charge < -0.3 is 19.5 Å². The van der Waals surface area contributed by atoms with Crippen LogP contribution < -0.4 is 4.74 Å². The predicted octanol–water partition coefficient (Wildman–Crippen LogP) is 1.29. The van der Waals surface area contributed by atoms with Gasteiger partial charge in [-0.05, 0) is 24.6 Å². The summed E-state index contributed by atoms with van der Waals surface area (Å²) in [6.45, 7) is 1.54. The third kappa shape index (κ3) is 4.04. The quantitative estimate of drug-likeness (QED) is 0.769. The monoisotopic (exact) mass is 371 g/mol. The molecule has 2 rings (SSSR count). The van der Waals surface area contributed by atoms with E-state index in [4.69, 9.17) is 9.47 Å². The molecule has 0 spiro atoms. The molecule has 1 aliphatic rings. The fraction of sp³-hybridized carbons (Fsp3) is 0.500. The van der Waals surface area contributed by atoms with Gasteiger partial charge in [0.15, 0.2) is 14.6 Å². The largest absolute Gasteiger partial charge is 0.497 e. The van der Waals surface area contributed by atoms with E-state index in [2.05, 4.69) is 0 Å². The summed E-state index contributed by atoms with van der Waals surface area (Å²) in [6.07, 6.45) is -0.831. The highest BCUT2D eigenvalue weighted by molar-refractivity contribution is 7.92. The van der Waals surface area contributed by atoms with Gasteiger partial charge in [0, 0.05) is 19.2 Å². The average molecular weight is 371 g/mol. The first-order valence-corrected chi connectivity index (χ1v) is 9.47. The number of cyclic esters (lactones) is 1. The number of hydrogen-bond acceptors (Lipinski definition) is 6. The summed E-state index contributed by atoms with van der Waals surface area (Å²) in [4.78, 5) is 24.8. The maximum Gasteiger partial charge on any atom is 0.410 e. The van der Waals surface area contributed by atoms with Crippen molar-refractivity contribution in [2.75, 3.05) is 19.9 Å². The van der Waals surface area contributed by atoms with E-state index >= 15 is 0 Å². The van der Waals surface area contributed by atoms with Gasteiger partial charge in [-0.1, -0.05) is 12.1 Å². The van der Waals surface area contributed by atoms with E-state index in [9.17, 15) is 23.1 Å². The highest BCUT2D eigenvalue weighted by Gasteiger charge is 2.48. The Morgan fingerprint density at radius 2 is 2.00 bits per heavy atom. The zero-order valence-corrected chi connectivity index (χ0v) is 15.1. The minimum atomic E-state index is -3.88. The van der Waals surface area contributed by atoms with Crippen molar-refractivity contribution in [3.05, 3.63) is 29.8 Å². The van der Waals surface area contributed by atoms with E-state index in [1.54, 1.807) is 31.4 Å². The molecule has 1 N–H and O–H groups in total. The molecule has 9 heteroatoms. The number of hydrogen-bond donors (Lipinski definition) is 1. The standard InChI is InChI=1S/C16H21NO7S/c1-16(14(18)19,25(3,21)22)8-13-10-17(15(20)24-13)9-11-4-6-12(23-2)7-5-11/h4-7,13H,8-10H2,1-3H3,(H,18,19)/t13-,16+/m0/s1. The molecule has 0 radical (unpaired) electrons. The minimum Gasteiger partial charge on any atom is -0.497 e. The number of carbonyl (C=O) groups is 2. The number of carbonyl (C=O) groups excluding carboxylic acids is 1. The van der Waals surface area contributed by atoms with E-state index in [1.165, 1.54) is 4.90 Å². The molecular weight excluding hydrogens is 350 g/mol. The molecule has 0 aromatic heterocycles. The molecule has 138 valence electrons. The van der Waals surface area contributed by atoms with Crippen molar-refractivity contribution in [3.8, 4) is 5.75 Å².